The van der Waals surface area contributed by atoms with E-state index in [0.29, 0.717) is 31.7 Å². The van der Waals surface area contributed by atoms with Gasteiger partial charge >= 0.3 is 0 Å². The number of piperidine rings is 1. The van der Waals surface area contributed by atoms with Crippen LogP contribution in [0.4, 0.5) is 0 Å². The van der Waals surface area contributed by atoms with Crippen molar-refractivity contribution < 1.29 is 17.9 Å². The second-order valence-electron chi connectivity index (χ2n) is 7.38. The summed E-state index contributed by atoms with van der Waals surface area (Å²) in [5.74, 6) is 0.586. The summed E-state index contributed by atoms with van der Waals surface area (Å²) in [4.78, 5) is 14.4. The number of nitrogens with zero attached hydrogens (tertiary/aromatic N) is 1. The predicted molar refractivity (Wildman–Crippen MR) is 112 cm³/mol. The van der Waals surface area contributed by atoms with Crippen molar-refractivity contribution in [2.75, 3.05) is 19.7 Å². The summed E-state index contributed by atoms with van der Waals surface area (Å²) >= 11 is 0. The van der Waals surface area contributed by atoms with Gasteiger partial charge in [-0.05, 0) is 56.0 Å². The number of ether oxygens (including phenoxy) is 1. The fourth-order valence-corrected chi connectivity index (χ4v) is 4.61. The molecule has 0 saturated carbocycles. The van der Waals surface area contributed by atoms with E-state index in [-0.39, 0.29) is 23.5 Å². The van der Waals surface area contributed by atoms with Crippen LogP contribution >= 0.6 is 0 Å². The molecule has 0 spiro atoms. The molecule has 0 atom stereocenters. The number of likely N-dealkylation sites (tertiary alicyclic amines) is 1. The Bertz CT molecular complexity index is 916. The van der Waals surface area contributed by atoms with E-state index in [1.54, 1.807) is 17.0 Å². The minimum Gasteiger partial charge on any atom is -0.484 e. The molecule has 1 N–H and O–H groups in total. The molecule has 0 aliphatic carbocycles. The van der Waals surface area contributed by atoms with Crippen molar-refractivity contribution in [1.82, 2.24) is 9.62 Å². The highest BCUT2D eigenvalue weighted by molar-refractivity contribution is 7.89. The highest BCUT2D eigenvalue weighted by Crippen LogP contribution is 2.17. The third-order valence-corrected chi connectivity index (χ3v) is 6.73. The smallest absolute Gasteiger partial charge is 0.260 e. The number of amides is 1. The number of nitrogens with one attached hydrogen (secondary N) is 1. The lowest BCUT2D eigenvalue weighted by atomic mass is 10.1. The van der Waals surface area contributed by atoms with Gasteiger partial charge < -0.3 is 9.64 Å². The normalized spacial score (nSPS) is 15.3. The first-order valence-corrected chi connectivity index (χ1v) is 11.4. The molecule has 0 unspecified atom stereocenters. The highest BCUT2D eigenvalue weighted by Gasteiger charge is 2.26. The number of sulfonamides is 1. The number of carbonyl (C=O) groups is 1. The zero-order valence-corrected chi connectivity index (χ0v) is 17.7. The summed E-state index contributed by atoms with van der Waals surface area (Å²) in [5.41, 5.74) is 2.23. The lowest BCUT2D eigenvalue weighted by Crippen LogP contribution is -2.47. The Morgan fingerprint density at radius 3 is 2.28 bits per heavy atom. The standard InChI is InChI=1S/C22H28N2O4S/c1-3-18-6-10-21(11-7-18)29(26,27)23-19-12-14-24(15-13-19)22(25)16-28-20-8-4-17(2)5-9-20/h4-11,19,23H,3,12-16H2,1-2H3. The van der Waals surface area contributed by atoms with Crippen molar-refractivity contribution in [2.24, 2.45) is 0 Å². The van der Waals surface area contributed by atoms with Gasteiger partial charge in [0.2, 0.25) is 10.0 Å². The van der Waals surface area contributed by atoms with Gasteiger partial charge in [-0.25, -0.2) is 13.1 Å². The van der Waals surface area contributed by atoms with Gasteiger partial charge in [0.25, 0.3) is 5.91 Å². The average molecular weight is 417 g/mol. The predicted octanol–water partition coefficient (Wildman–Crippen LogP) is 2.91. The summed E-state index contributed by atoms with van der Waals surface area (Å²) in [6.45, 7) is 5.04. The summed E-state index contributed by atoms with van der Waals surface area (Å²) in [6.07, 6.45) is 2.04. The van der Waals surface area contributed by atoms with E-state index in [4.69, 9.17) is 4.74 Å². The Labute approximate surface area is 172 Å². The maximum absolute atomic E-state index is 12.6. The van der Waals surface area contributed by atoms with Crippen LogP contribution in [0.15, 0.2) is 53.4 Å². The van der Waals surface area contributed by atoms with Crippen LogP contribution in [-0.2, 0) is 21.2 Å². The van der Waals surface area contributed by atoms with Gasteiger partial charge in [-0.2, -0.15) is 0 Å². The first-order valence-electron chi connectivity index (χ1n) is 9.96. The number of rotatable bonds is 7. The number of carbonyl (C=O) groups excluding carboxylic acids is 1. The zero-order chi connectivity index (χ0) is 20.9. The van der Waals surface area contributed by atoms with Gasteiger partial charge in [0.15, 0.2) is 6.61 Å². The lowest BCUT2D eigenvalue weighted by molar-refractivity contribution is -0.134. The van der Waals surface area contributed by atoms with Gasteiger partial charge in [-0.15, -0.1) is 0 Å². The lowest BCUT2D eigenvalue weighted by Gasteiger charge is -2.32. The maximum atomic E-state index is 12.6. The summed E-state index contributed by atoms with van der Waals surface area (Å²) < 4.78 is 33.5. The average Bonchev–Trinajstić information content (AvgIpc) is 2.73. The Morgan fingerprint density at radius 2 is 1.69 bits per heavy atom. The Balaban J connectivity index is 1.47. The van der Waals surface area contributed by atoms with Crippen LogP contribution in [0.25, 0.3) is 0 Å². The molecule has 0 radical (unpaired) electrons. The molecule has 3 rings (SSSR count). The van der Waals surface area contributed by atoms with E-state index in [9.17, 15) is 13.2 Å². The van der Waals surface area contributed by atoms with Crippen LogP contribution in [0.2, 0.25) is 0 Å². The monoisotopic (exact) mass is 416 g/mol. The SMILES string of the molecule is CCc1ccc(S(=O)(=O)NC2CCN(C(=O)COc3ccc(C)cc3)CC2)cc1. The molecule has 1 aliphatic heterocycles. The van der Waals surface area contributed by atoms with Gasteiger partial charge in [0.05, 0.1) is 4.90 Å². The van der Waals surface area contributed by atoms with E-state index in [1.807, 2.05) is 50.2 Å². The summed E-state index contributed by atoms with van der Waals surface area (Å²) in [7, 11) is -3.55. The second-order valence-corrected chi connectivity index (χ2v) is 9.09. The van der Waals surface area contributed by atoms with E-state index in [0.717, 1.165) is 17.5 Å². The summed E-state index contributed by atoms with van der Waals surface area (Å²) in [6, 6.07) is 14.3. The molecule has 1 saturated heterocycles. The van der Waals surface area contributed by atoms with E-state index >= 15 is 0 Å². The largest absolute Gasteiger partial charge is 0.484 e. The van der Waals surface area contributed by atoms with Crippen molar-refractivity contribution in [2.45, 2.75) is 44.0 Å². The van der Waals surface area contributed by atoms with Crippen LogP contribution in [0.1, 0.15) is 30.9 Å². The maximum Gasteiger partial charge on any atom is 0.260 e. The quantitative estimate of drug-likeness (QED) is 0.753. The van der Waals surface area contributed by atoms with Crippen molar-refractivity contribution in [1.29, 1.82) is 0 Å². The molecular weight excluding hydrogens is 388 g/mol. The molecule has 6 nitrogen and oxygen atoms in total. The van der Waals surface area contributed by atoms with Crippen LogP contribution < -0.4 is 9.46 Å². The van der Waals surface area contributed by atoms with E-state index < -0.39 is 10.0 Å². The van der Waals surface area contributed by atoms with Gasteiger partial charge in [-0.3, -0.25) is 4.79 Å². The van der Waals surface area contributed by atoms with E-state index in [1.165, 1.54) is 0 Å². The Morgan fingerprint density at radius 1 is 1.07 bits per heavy atom. The minimum absolute atomic E-state index is 0.0107. The molecule has 2 aromatic rings. The van der Waals surface area contributed by atoms with Gasteiger partial charge in [-0.1, -0.05) is 36.8 Å². The second kappa shape index (κ2) is 9.41. The molecule has 156 valence electrons. The van der Waals surface area contributed by atoms with Gasteiger partial charge in [0.1, 0.15) is 5.75 Å². The van der Waals surface area contributed by atoms with Crippen molar-refractivity contribution in [3.05, 3.63) is 59.7 Å². The van der Waals surface area contributed by atoms with Crippen molar-refractivity contribution in [3.8, 4) is 5.75 Å². The number of hydrogen-bond acceptors (Lipinski definition) is 4. The number of aryl methyl sites for hydroxylation is 2. The molecule has 0 aromatic heterocycles. The number of benzene rings is 2. The fraction of sp³-hybridized carbons (Fsp3) is 0.409. The molecular formula is C22H28N2O4S. The molecule has 7 heteroatoms. The molecule has 2 aromatic carbocycles. The van der Waals surface area contributed by atoms with Crippen LogP contribution in [0, 0.1) is 6.92 Å². The fourth-order valence-electron chi connectivity index (χ4n) is 3.31. The summed E-state index contributed by atoms with van der Waals surface area (Å²) in [5, 5.41) is 0. The number of hydrogen-bond donors (Lipinski definition) is 1. The molecule has 0 bridgehead atoms. The topological polar surface area (TPSA) is 75.7 Å². The Hall–Kier alpha value is -2.38. The molecule has 1 aliphatic rings. The van der Waals surface area contributed by atoms with Crippen LogP contribution in [-0.4, -0.2) is 45.0 Å². The van der Waals surface area contributed by atoms with Crippen molar-refractivity contribution >= 4 is 15.9 Å². The van der Waals surface area contributed by atoms with Crippen LogP contribution in [0.3, 0.4) is 0 Å². The molecule has 1 heterocycles. The third-order valence-electron chi connectivity index (χ3n) is 5.19. The van der Waals surface area contributed by atoms with Crippen molar-refractivity contribution in [3.63, 3.8) is 0 Å². The minimum atomic E-state index is -3.55. The third kappa shape index (κ3) is 5.81. The zero-order valence-electron chi connectivity index (χ0n) is 16.9. The van der Waals surface area contributed by atoms with Gasteiger partial charge in [0, 0.05) is 19.1 Å². The first kappa shape index (κ1) is 21.3. The van der Waals surface area contributed by atoms with E-state index in [2.05, 4.69) is 4.72 Å². The van der Waals surface area contributed by atoms with Crippen LogP contribution in [0.5, 0.6) is 5.75 Å². The molecule has 1 amide bonds. The Kier molecular flexibility index (Phi) is 6.92. The highest BCUT2D eigenvalue weighted by atomic mass is 32.2. The first-order chi connectivity index (χ1) is 13.9. The molecule has 1 fully saturated rings. The molecule has 29 heavy (non-hydrogen) atoms.